The number of carbonyl (C=O) groups excluding carboxylic acids is 1. The van der Waals surface area contributed by atoms with Gasteiger partial charge >= 0.3 is 12.8 Å². The number of imidazole rings is 1. The molecule has 1 aromatic carbocycles. The molecular formula is C25H32F5N3O4S. The zero-order valence-corrected chi connectivity index (χ0v) is 22.4. The summed E-state index contributed by atoms with van der Waals surface area (Å²) in [5, 5.41) is 2.43. The molecule has 1 N–H and O–H groups in total. The van der Waals surface area contributed by atoms with Crippen LogP contribution in [0.4, 0.5) is 22.0 Å². The van der Waals surface area contributed by atoms with Crippen LogP contribution < -0.4 is 10.1 Å². The molecule has 13 heteroatoms. The third-order valence-corrected chi connectivity index (χ3v) is 8.66. The molecule has 0 unspecified atom stereocenters. The second-order valence-electron chi connectivity index (χ2n) is 10.5. The van der Waals surface area contributed by atoms with Crippen LogP contribution in [-0.4, -0.2) is 54.7 Å². The van der Waals surface area contributed by atoms with Gasteiger partial charge in [0.1, 0.15) is 27.1 Å². The minimum atomic E-state index is -4.49. The third kappa shape index (κ3) is 7.23. The Bertz CT molecular complexity index is 1250. The summed E-state index contributed by atoms with van der Waals surface area (Å²) in [7, 11) is -3.09. The predicted molar refractivity (Wildman–Crippen MR) is 131 cm³/mol. The Morgan fingerprint density at radius 2 is 1.82 bits per heavy atom. The van der Waals surface area contributed by atoms with Crippen LogP contribution >= 0.6 is 0 Å². The first-order chi connectivity index (χ1) is 17.5. The van der Waals surface area contributed by atoms with E-state index in [-0.39, 0.29) is 39.7 Å². The molecule has 0 radical (unpaired) electrons. The number of amides is 1. The molecule has 1 aliphatic rings. The van der Waals surface area contributed by atoms with E-state index in [9.17, 15) is 35.2 Å². The van der Waals surface area contributed by atoms with E-state index in [4.69, 9.17) is 0 Å². The molecule has 212 valence electrons. The third-order valence-electron chi connectivity index (χ3n) is 6.98. The summed E-state index contributed by atoms with van der Waals surface area (Å²) in [6, 6.07) is 3.89. The number of ether oxygens (including phenoxy) is 1. The second kappa shape index (κ2) is 11.2. The number of hydrogen-bond acceptors (Lipinski definition) is 5. The van der Waals surface area contributed by atoms with Crippen molar-refractivity contribution in [1.82, 2.24) is 14.9 Å². The van der Waals surface area contributed by atoms with Crippen molar-refractivity contribution >= 4 is 15.7 Å². The maximum atomic E-state index is 13.3. The van der Waals surface area contributed by atoms with Gasteiger partial charge in [0.15, 0.2) is 0 Å². The topological polar surface area (TPSA) is 90.3 Å². The molecule has 1 heterocycles. The Balaban J connectivity index is 1.75. The molecule has 2 aromatic rings. The lowest BCUT2D eigenvalue weighted by Gasteiger charge is -2.28. The summed E-state index contributed by atoms with van der Waals surface area (Å²) in [5.41, 5.74) is -1.80. The van der Waals surface area contributed by atoms with Crippen molar-refractivity contribution in [2.75, 3.05) is 12.8 Å². The average Bonchev–Trinajstić information content (AvgIpc) is 3.17. The number of carbonyl (C=O) groups is 1. The van der Waals surface area contributed by atoms with Crippen LogP contribution in [0.3, 0.4) is 0 Å². The fraction of sp³-hybridized carbons (Fsp3) is 0.600. The number of aromatic nitrogens is 2. The minimum Gasteiger partial charge on any atom is -0.433 e. The van der Waals surface area contributed by atoms with Crippen LogP contribution in [0.15, 0.2) is 24.4 Å². The second-order valence-corrected chi connectivity index (χ2v) is 12.8. The molecule has 3 rings (SSSR count). The Labute approximate surface area is 218 Å². The molecule has 1 aliphatic carbocycles. The summed E-state index contributed by atoms with van der Waals surface area (Å²) in [6.45, 7) is 0.720. The highest BCUT2D eigenvalue weighted by atomic mass is 32.2. The van der Waals surface area contributed by atoms with Gasteiger partial charge in [0.05, 0.1) is 16.4 Å². The molecule has 0 atom stereocenters. The van der Waals surface area contributed by atoms with Crippen LogP contribution in [0, 0.1) is 18.3 Å². The van der Waals surface area contributed by atoms with Crippen LogP contribution in [-0.2, 0) is 16.3 Å². The van der Waals surface area contributed by atoms with Crippen molar-refractivity contribution in [3.63, 3.8) is 0 Å². The van der Waals surface area contributed by atoms with Crippen molar-refractivity contribution in [2.24, 2.45) is 11.3 Å². The smallest absolute Gasteiger partial charge is 0.394 e. The van der Waals surface area contributed by atoms with Gasteiger partial charge in [0.25, 0.3) is 5.91 Å². The summed E-state index contributed by atoms with van der Waals surface area (Å²) >= 11 is 0. The number of alkyl halides is 5. The molecule has 38 heavy (non-hydrogen) atoms. The molecule has 0 saturated heterocycles. The van der Waals surface area contributed by atoms with Gasteiger partial charge in [-0.3, -0.25) is 9.36 Å². The lowest BCUT2D eigenvalue weighted by atomic mass is 9.85. The molecule has 1 saturated carbocycles. The molecule has 0 bridgehead atoms. The first-order valence-corrected chi connectivity index (χ1v) is 14.1. The molecule has 1 amide bonds. The first kappa shape index (κ1) is 29.9. The monoisotopic (exact) mass is 565 g/mol. The van der Waals surface area contributed by atoms with E-state index in [2.05, 4.69) is 15.0 Å². The van der Waals surface area contributed by atoms with Crippen molar-refractivity contribution in [2.45, 2.75) is 70.9 Å². The van der Waals surface area contributed by atoms with Gasteiger partial charge in [-0.05, 0) is 62.6 Å². The van der Waals surface area contributed by atoms with Gasteiger partial charge in [-0.15, -0.1) is 0 Å². The summed E-state index contributed by atoms with van der Waals surface area (Å²) in [4.78, 5) is 16.9. The number of rotatable bonds is 9. The van der Waals surface area contributed by atoms with Crippen molar-refractivity contribution in [1.29, 1.82) is 0 Å². The van der Waals surface area contributed by atoms with Crippen LogP contribution in [0.25, 0.3) is 5.69 Å². The van der Waals surface area contributed by atoms with Gasteiger partial charge in [-0.25, -0.2) is 13.4 Å². The van der Waals surface area contributed by atoms with Gasteiger partial charge in [0, 0.05) is 19.0 Å². The van der Waals surface area contributed by atoms with Gasteiger partial charge in [0.2, 0.25) is 0 Å². The van der Waals surface area contributed by atoms with E-state index in [0.29, 0.717) is 32.2 Å². The normalized spacial score (nSPS) is 19.0. The van der Waals surface area contributed by atoms with E-state index in [1.165, 1.54) is 29.2 Å². The highest BCUT2D eigenvalue weighted by Crippen LogP contribution is 2.41. The van der Waals surface area contributed by atoms with Crippen molar-refractivity contribution in [3.8, 4) is 11.4 Å². The zero-order chi connectivity index (χ0) is 28.5. The zero-order valence-electron chi connectivity index (χ0n) is 21.6. The Morgan fingerprint density at radius 1 is 1.18 bits per heavy atom. The van der Waals surface area contributed by atoms with E-state index in [1.807, 2.05) is 0 Å². The molecule has 7 nitrogen and oxygen atoms in total. The quantitative estimate of drug-likeness (QED) is 0.420. The number of halogens is 5. The SMILES string of the molecule is Cc1nc(C(=O)NCC2CCC(S(C)(=O)=O)CC2)cn1-c1ccc(CC(C)(C)C(F)(F)F)cc1OC(F)F. The van der Waals surface area contributed by atoms with Crippen LogP contribution in [0.1, 0.15) is 61.4 Å². The molecular weight excluding hydrogens is 533 g/mol. The summed E-state index contributed by atoms with van der Waals surface area (Å²) in [6.07, 6.45) is 0.0386. The lowest BCUT2D eigenvalue weighted by Crippen LogP contribution is -2.34. The highest BCUT2D eigenvalue weighted by molar-refractivity contribution is 7.91. The minimum absolute atomic E-state index is 0.0256. The number of aryl methyl sites for hydroxylation is 1. The highest BCUT2D eigenvalue weighted by Gasteiger charge is 2.47. The van der Waals surface area contributed by atoms with Crippen molar-refractivity contribution < 1.29 is 39.9 Å². The molecule has 1 aromatic heterocycles. The van der Waals surface area contributed by atoms with Gasteiger partial charge < -0.3 is 10.1 Å². The van der Waals surface area contributed by atoms with E-state index >= 15 is 0 Å². The lowest BCUT2D eigenvalue weighted by molar-refractivity contribution is -0.211. The standard InChI is InChI=1S/C25H32F5N3O4S/c1-15-32-19(22(34)31-13-16-5-8-18(9-6-16)38(4,35)36)14-33(15)20-10-7-17(11-21(20)37-23(26)27)12-24(2,3)25(28,29)30/h7,10-11,14,16,18,23H,5-6,8-9,12-13H2,1-4H3,(H,31,34). The summed E-state index contributed by atoms with van der Waals surface area (Å²) < 4.78 is 95.7. The molecule has 0 aliphatic heterocycles. The van der Waals surface area contributed by atoms with E-state index in [0.717, 1.165) is 19.9 Å². The maximum absolute atomic E-state index is 13.3. The maximum Gasteiger partial charge on any atom is 0.394 e. The predicted octanol–water partition coefficient (Wildman–Crippen LogP) is 5.25. The van der Waals surface area contributed by atoms with Crippen LogP contribution in [0.2, 0.25) is 0 Å². The van der Waals surface area contributed by atoms with E-state index < -0.39 is 40.4 Å². The first-order valence-electron chi connectivity index (χ1n) is 12.2. The van der Waals surface area contributed by atoms with E-state index in [1.54, 1.807) is 6.92 Å². The largest absolute Gasteiger partial charge is 0.433 e. The average molecular weight is 566 g/mol. The fourth-order valence-electron chi connectivity index (χ4n) is 4.59. The number of sulfone groups is 1. The molecule has 0 spiro atoms. The number of benzene rings is 1. The number of nitrogens with one attached hydrogen (secondary N) is 1. The Hall–Kier alpha value is -2.70. The Morgan fingerprint density at radius 3 is 2.37 bits per heavy atom. The molecule has 1 fully saturated rings. The van der Waals surface area contributed by atoms with Crippen LogP contribution in [0.5, 0.6) is 5.75 Å². The number of nitrogens with zero attached hydrogens (tertiary/aromatic N) is 2. The summed E-state index contributed by atoms with van der Waals surface area (Å²) in [5.74, 6) is -0.423. The number of hydrogen-bond donors (Lipinski definition) is 1. The van der Waals surface area contributed by atoms with Gasteiger partial charge in [-0.1, -0.05) is 19.9 Å². The van der Waals surface area contributed by atoms with Crippen molar-refractivity contribution in [3.05, 3.63) is 41.5 Å². The Kier molecular flexibility index (Phi) is 8.79. The van der Waals surface area contributed by atoms with Gasteiger partial charge in [-0.2, -0.15) is 22.0 Å². The fourth-order valence-corrected chi connectivity index (χ4v) is 5.71.